The Labute approximate surface area is 106 Å². The molecule has 3 nitrogen and oxygen atoms in total. The molecule has 0 aliphatic rings. The lowest BCUT2D eigenvalue weighted by molar-refractivity contribution is -0.144. The summed E-state index contributed by atoms with van der Waals surface area (Å²) >= 11 is 0. The Hall–Kier alpha value is -2.16. The third-order valence-corrected chi connectivity index (χ3v) is 2.54. The van der Waals surface area contributed by atoms with Gasteiger partial charge in [0.15, 0.2) is 0 Å². The standard InChI is InChI=1S/C15H15NO2/c1-12-7-8-16-14(9-12)10-15(17)18-11-13-5-3-2-4-6-13/h2-9H,10-11H2,1H3. The lowest BCUT2D eigenvalue weighted by atomic mass is 10.2. The van der Waals surface area contributed by atoms with Crippen molar-refractivity contribution >= 4 is 5.97 Å². The van der Waals surface area contributed by atoms with Gasteiger partial charge in [-0.1, -0.05) is 30.3 Å². The number of benzene rings is 1. The Kier molecular flexibility index (Phi) is 4.07. The third-order valence-electron chi connectivity index (χ3n) is 2.54. The second-order valence-corrected chi connectivity index (χ2v) is 4.15. The van der Waals surface area contributed by atoms with Crippen LogP contribution in [0.2, 0.25) is 0 Å². The molecule has 0 amide bonds. The van der Waals surface area contributed by atoms with Gasteiger partial charge in [0.25, 0.3) is 0 Å². The predicted octanol–water partition coefficient (Wildman–Crippen LogP) is 2.68. The topological polar surface area (TPSA) is 39.2 Å². The normalized spacial score (nSPS) is 10.1. The Morgan fingerprint density at radius 1 is 1.22 bits per heavy atom. The molecular weight excluding hydrogens is 226 g/mol. The number of carbonyl (C=O) groups excluding carboxylic acids is 1. The van der Waals surface area contributed by atoms with E-state index >= 15 is 0 Å². The van der Waals surface area contributed by atoms with Crippen LogP contribution in [0.5, 0.6) is 0 Å². The maximum atomic E-state index is 11.6. The number of hydrogen-bond donors (Lipinski definition) is 0. The number of aromatic nitrogens is 1. The predicted molar refractivity (Wildman–Crippen MR) is 68.9 cm³/mol. The molecule has 0 spiro atoms. The maximum absolute atomic E-state index is 11.6. The summed E-state index contributed by atoms with van der Waals surface area (Å²) in [7, 11) is 0. The second-order valence-electron chi connectivity index (χ2n) is 4.15. The first kappa shape index (κ1) is 12.3. The van der Waals surface area contributed by atoms with E-state index in [4.69, 9.17) is 4.74 Å². The zero-order valence-electron chi connectivity index (χ0n) is 10.3. The van der Waals surface area contributed by atoms with Crippen molar-refractivity contribution in [2.75, 3.05) is 0 Å². The molecule has 0 saturated heterocycles. The molecule has 1 aromatic carbocycles. The number of aryl methyl sites for hydroxylation is 1. The van der Waals surface area contributed by atoms with Gasteiger partial charge in [-0.15, -0.1) is 0 Å². The fraction of sp³-hybridized carbons (Fsp3) is 0.200. The summed E-state index contributed by atoms with van der Waals surface area (Å²) in [5.74, 6) is -0.253. The van der Waals surface area contributed by atoms with Gasteiger partial charge in [-0.2, -0.15) is 0 Å². The van der Waals surface area contributed by atoms with E-state index in [1.54, 1.807) is 6.20 Å². The minimum Gasteiger partial charge on any atom is -0.461 e. The molecule has 3 heteroatoms. The van der Waals surface area contributed by atoms with Crippen LogP contribution in [0.4, 0.5) is 0 Å². The average Bonchev–Trinajstić information content (AvgIpc) is 2.38. The molecule has 0 saturated carbocycles. The molecule has 0 atom stereocenters. The van der Waals surface area contributed by atoms with E-state index in [9.17, 15) is 4.79 Å². The van der Waals surface area contributed by atoms with Crippen molar-refractivity contribution in [3.8, 4) is 0 Å². The molecule has 0 bridgehead atoms. The zero-order chi connectivity index (χ0) is 12.8. The van der Waals surface area contributed by atoms with Crippen molar-refractivity contribution in [3.05, 3.63) is 65.5 Å². The summed E-state index contributed by atoms with van der Waals surface area (Å²) < 4.78 is 5.19. The molecule has 0 fully saturated rings. The molecule has 2 rings (SSSR count). The second kappa shape index (κ2) is 5.96. The number of rotatable bonds is 4. The van der Waals surface area contributed by atoms with Gasteiger partial charge in [0, 0.05) is 6.20 Å². The fourth-order valence-electron chi connectivity index (χ4n) is 1.63. The SMILES string of the molecule is Cc1ccnc(CC(=O)OCc2ccccc2)c1. The van der Waals surface area contributed by atoms with Crippen LogP contribution >= 0.6 is 0 Å². The number of esters is 1. The van der Waals surface area contributed by atoms with E-state index in [2.05, 4.69) is 4.98 Å². The van der Waals surface area contributed by atoms with Gasteiger partial charge in [-0.25, -0.2) is 0 Å². The Morgan fingerprint density at radius 2 is 2.00 bits per heavy atom. The number of nitrogens with zero attached hydrogens (tertiary/aromatic N) is 1. The summed E-state index contributed by atoms with van der Waals surface area (Å²) in [5, 5.41) is 0. The minimum atomic E-state index is -0.253. The van der Waals surface area contributed by atoms with E-state index in [-0.39, 0.29) is 12.4 Å². The van der Waals surface area contributed by atoms with Crippen molar-refractivity contribution < 1.29 is 9.53 Å². The number of pyridine rings is 1. The molecule has 0 aliphatic carbocycles. The number of carbonyl (C=O) groups is 1. The fourth-order valence-corrected chi connectivity index (χ4v) is 1.63. The molecule has 0 aliphatic heterocycles. The van der Waals surface area contributed by atoms with Crippen LogP contribution in [-0.4, -0.2) is 11.0 Å². The smallest absolute Gasteiger partial charge is 0.312 e. The van der Waals surface area contributed by atoms with Crippen LogP contribution in [0, 0.1) is 6.92 Å². The van der Waals surface area contributed by atoms with E-state index in [0.717, 1.165) is 16.8 Å². The average molecular weight is 241 g/mol. The molecule has 1 heterocycles. The monoisotopic (exact) mass is 241 g/mol. The summed E-state index contributed by atoms with van der Waals surface area (Å²) in [6.07, 6.45) is 1.92. The van der Waals surface area contributed by atoms with E-state index in [1.165, 1.54) is 0 Å². The minimum absolute atomic E-state index is 0.217. The van der Waals surface area contributed by atoms with Crippen LogP contribution in [0.1, 0.15) is 16.8 Å². The van der Waals surface area contributed by atoms with E-state index in [1.807, 2.05) is 49.4 Å². The van der Waals surface area contributed by atoms with Gasteiger partial charge in [-0.3, -0.25) is 9.78 Å². The lowest BCUT2D eigenvalue weighted by Gasteiger charge is -2.05. The Bertz CT molecular complexity index is 523. The van der Waals surface area contributed by atoms with Crippen molar-refractivity contribution in [2.45, 2.75) is 20.0 Å². The molecule has 0 radical (unpaired) electrons. The van der Waals surface area contributed by atoms with Gasteiger partial charge in [0.05, 0.1) is 12.1 Å². The van der Waals surface area contributed by atoms with Crippen LogP contribution < -0.4 is 0 Å². The first-order chi connectivity index (χ1) is 8.74. The van der Waals surface area contributed by atoms with Crippen LogP contribution in [0.25, 0.3) is 0 Å². The van der Waals surface area contributed by atoms with Gasteiger partial charge in [-0.05, 0) is 30.2 Å². The Balaban J connectivity index is 1.86. The molecule has 2 aromatic rings. The van der Waals surface area contributed by atoms with Gasteiger partial charge in [0.1, 0.15) is 6.61 Å². The largest absolute Gasteiger partial charge is 0.461 e. The van der Waals surface area contributed by atoms with E-state index < -0.39 is 0 Å². The first-order valence-corrected chi connectivity index (χ1v) is 5.85. The van der Waals surface area contributed by atoms with Crippen molar-refractivity contribution in [1.82, 2.24) is 4.98 Å². The highest BCUT2D eigenvalue weighted by atomic mass is 16.5. The van der Waals surface area contributed by atoms with Gasteiger partial charge >= 0.3 is 5.97 Å². The molecule has 18 heavy (non-hydrogen) atoms. The van der Waals surface area contributed by atoms with Gasteiger partial charge in [0.2, 0.25) is 0 Å². The Morgan fingerprint density at radius 3 is 2.72 bits per heavy atom. The maximum Gasteiger partial charge on any atom is 0.312 e. The van der Waals surface area contributed by atoms with Crippen LogP contribution in [0.15, 0.2) is 48.7 Å². The van der Waals surface area contributed by atoms with Crippen molar-refractivity contribution in [3.63, 3.8) is 0 Å². The van der Waals surface area contributed by atoms with Gasteiger partial charge < -0.3 is 4.74 Å². The lowest BCUT2D eigenvalue weighted by Crippen LogP contribution is -2.09. The number of ether oxygens (including phenoxy) is 1. The summed E-state index contributed by atoms with van der Waals surface area (Å²) in [6, 6.07) is 13.4. The highest BCUT2D eigenvalue weighted by Gasteiger charge is 2.06. The summed E-state index contributed by atoms with van der Waals surface area (Å²) in [6.45, 7) is 2.28. The van der Waals surface area contributed by atoms with Crippen molar-refractivity contribution in [2.24, 2.45) is 0 Å². The molecule has 0 N–H and O–H groups in total. The highest BCUT2D eigenvalue weighted by Crippen LogP contribution is 2.04. The molecular formula is C15H15NO2. The third kappa shape index (κ3) is 3.70. The van der Waals surface area contributed by atoms with E-state index in [0.29, 0.717) is 6.61 Å². The summed E-state index contributed by atoms with van der Waals surface area (Å²) in [4.78, 5) is 15.8. The zero-order valence-corrected chi connectivity index (χ0v) is 10.3. The highest BCUT2D eigenvalue weighted by molar-refractivity contribution is 5.72. The first-order valence-electron chi connectivity index (χ1n) is 5.85. The van der Waals surface area contributed by atoms with Crippen molar-refractivity contribution in [1.29, 1.82) is 0 Å². The van der Waals surface area contributed by atoms with Crippen LogP contribution in [-0.2, 0) is 22.6 Å². The number of hydrogen-bond acceptors (Lipinski definition) is 3. The summed E-state index contributed by atoms with van der Waals surface area (Å²) in [5.41, 5.74) is 2.83. The molecule has 1 aromatic heterocycles. The van der Waals surface area contributed by atoms with Crippen LogP contribution in [0.3, 0.4) is 0 Å². The molecule has 92 valence electrons. The quantitative estimate of drug-likeness (QED) is 0.772. The molecule has 0 unspecified atom stereocenters.